The molecule has 2 aromatic rings. The van der Waals surface area contributed by atoms with E-state index in [1.807, 2.05) is 15.5 Å². The number of fused-ring (bicyclic) bond motifs is 1. The molecule has 0 N–H and O–H groups in total. The first-order valence-electron chi connectivity index (χ1n) is 16.9. The Bertz CT molecular complexity index is 1510. The molecule has 10 heteroatoms. The second-order valence-electron chi connectivity index (χ2n) is 12.9. The average molecular weight is 647 g/mol. The molecule has 4 aliphatic rings. The van der Waals surface area contributed by atoms with Crippen LogP contribution < -0.4 is 5.56 Å². The highest BCUT2D eigenvalue weighted by Gasteiger charge is 2.37. The first kappa shape index (κ1) is 32.7. The second kappa shape index (κ2) is 15.6. The van der Waals surface area contributed by atoms with E-state index in [1.165, 1.54) is 37.7 Å². The first-order valence-corrected chi connectivity index (χ1v) is 17.8. The molecule has 0 unspecified atom stereocenters. The normalized spacial score (nSPS) is 19.0. The van der Waals surface area contributed by atoms with Gasteiger partial charge in [-0.2, -0.15) is 0 Å². The van der Waals surface area contributed by atoms with Crippen LogP contribution in [0.1, 0.15) is 73.8 Å². The first-order chi connectivity index (χ1) is 22.5. The van der Waals surface area contributed by atoms with Crippen LogP contribution in [0.2, 0.25) is 0 Å². The fourth-order valence-electron chi connectivity index (χ4n) is 6.79. The lowest BCUT2D eigenvalue weighted by Crippen LogP contribution is -2.55. The molecular formula is C36H46N4O5S. The van der Waals surface area contributed by atoms with Crippen LogP contribution in [-0.4, -0.2) is 76.4 Å². The quantitative estimate of drug-likeness (QED) is 0.181. The maximum absolute atomic E-state index is 14.1. The Kier molecular flexibility index (Phi) is 11.1. The second-order valence-corrected chi connectivity index (χ2v) is 14.1. The van der Waals surface area contributed by atoms with Crippen LogP contribution in [0, 0.1) is 5.92 Å². The number of esters is 1. The van der Waals surface area contributed by atoms with Gasteiger partial charge in [0.15, 0.2) is 5.16 Å². The van der Waals surface area contributed by atoms with E-state index in [4.69, 9.17) is 14.5 Å². The van der Waals surface area contributed by atoms with Crippen molar-refractivity contribution in [2.45, 2.75) is 87.7 Å². The van der Waals surface area contributed by atoms with Crippen LogP contribution in [0.15, 0.2) is 52.4 Å². The summed E-state index contributed by atoms with van der Waals surface area (Å²) in [7, 11) is 1.58. The number of aryl methyl sites for hydroxylation is 1. The van der Waals surface area contributed by atoms with Crippen molar-refractivity contribution >= 4 is 29.3 Å². The van der Waals surface area contributed by atoms with Gasteiger partial charge < -0.3 is 14.4 Å². The van der Waals surface area contributed by atoms with Crippen LogP contribution in [0.3, 0.4) is 0 Å². The molecule has 9 nitrogen and oxygen atoms in total. The van der Waals surface area contributed by atoms with Gasteiger partial charge in [0, 0.05) is 57.1 Å². The fourth-order valence-corrected chi connectivity index (χ4v) is 8.11. The number of thioether (sulfide) groups is 1. The maximum atomic E-state index is 14.1. The minimum atomic E-state index is -0.214. The van der Waals surface area contributed by atoms with E-state index >= 15 is 0 Å². The summed E-state index contributed by atoms with van der Waals surface area (Å²) in [4.78, 5) is 48.7. The lowest BCUT2D eigenvalue weighted by molar-refractivity contribution is -0.145. The van der Waals surface area contributed by atoms with Gasteiger partial charge in [-0.05, 0) is 49.3 Å². The van der Waals surface area contributed by atoms with Crippen LogP contribution in [0.4, 0.5) is 0 Å². The van der Waals surface area contributed by atoms with E-state index in [-0.39, 0.29) is 30.0 Å². The smallest absolute Gasteiger partial charge is 0.306 e. The Balaban J connectivity index is 1.04. The number of nitrogens with zero attached hydrogens (tertiary/aromatic N) is 4. The molecule has 1 aromatic carbocycles. The predicted molar refractivity (Wildman–Crippen MR) is 179 cm³/mol. The molecule has 46 heavy (non-hydrogen) atoms. The number of benzene rings is 1. The molecule has 1 saturated heterocycles. The molecule has 1 saturated carbocycles. The number of amides is 1. The summed E-state index contributed by atoms with van der Waals surface area (Å²) in [5, 5.41) is 1.32. The molecule has 1 amide bonds. The summed E-state index contributed by atoms with van der Waals surface area (Å²) < 4.78 is 11.9. The zero-order valence-corrected chi connectivity index (χ0v) is 27.8. The molecule has 0 bridgehead atoms. The zero-order valence-electron chi connectivity index (χ0n) is 27.0. The average Bonchev–Trinajstić information content (AvgIpc) is 3.06. The van der Waals surface area contributed by atoms with Crippen molar-refractivity contribution in [3.63, 3.8) is 0 Å². The van der Waals surface area contributed by atoms with E-state index in [2.05, 4.69) is 41.3 Å². The number of aromatic nitrogens is 2. The van der Waals surface area contributed by atoms with Crippen LogP contribution in [0.5, 0.6) is 0 Å². The Labute approximate surface area is 276 Å². The van der Waals surface area contributed by atoms with Gasteiger partial charge in [-0.15, -0.1) is 0 Å². The Morgan fingerprint density at radius 1 is 1.02 bits per heavy atom. The van der Waals surface area contributed by atoms with Crippen LogP contribution >= 0.6 is 11.8 Å². The Morgan fingerprint density at radius 2 is 1.80 bits per heavy atom. The van der Waals surface area contributed by atoms with Crippen molar-refractivity contribution < 1.29 is 19.1 Å². The monoisotopic (exact) mass is 646 g/mol. The number of hydrogen-bond donors (Lipinski definition) is 0. The molecule has 3 heterocycles. The number of rotatable bonds is 12. The summed E-state index contributed by atoms with van der Waals surface area (Å²) >= 11 is 1.77. The van der Waals surface area contributed by atoms with Crippen molar-refractivity contribution in [2.75, 3.05) is 40.0 Å². The van der Waals surface area contributed by atoms with Gasteiger partial charge in [0.25, 0.3) is 5.56 Å². The van der Waals surface area contributed by atoms with Gasteiger partial charge >= 0.3 is 5.97 Å². The van der Waals surface area contributed by atoms with Crippen LogP contribution in [-0.2, 0) is 45.0 Å². The van der Waals surface area contributed by atoms with Crippen molar-refractivity contribution in [1.82, 2.24) is 19.4 Å². The number of ether oxygens (including phenoxy) is 2. The van der Waals surface area contributed by atoms with Gasteiger partial charge in [0.1, 0.15) is 6.61 Å². The lowest BCUT2D eigenvalue weighted by atomic mass is 9.95. The third-order valence-corrected chi connectivity index (χ3v) is 10.8. The van der Waals surface area contributed by atoms with Crippen LogP contribution in [0.25, 0.3) is 5.70 Å². The maximum Gasteiger partial charge on any atom is 0.306 e. The van der Waals surface area contributed by atoms with Gasteiger partial charge in [0.05, 0.1) is 30.3 Å². The SMILES string of the molecule is COCCOC(=O)CCc1ccc(CN2CC(C(=O)N3CCc4nc(SC5CCCCC5)n(C5=CCCC=C5)c(=O)c4C3)C2)cc1. The predicted octanol–water partition coefficient (Wildman–Crippen LogP) is 5.00. The van der Waals surface area contributed by atoms with Gasteiger partial charge in [-0.1, -0.05) is 67.4 Å². The number of allylic oxidation sites excluding steroid dienone is 4. The molecule has 246 valence electrons. The van der Waals surface area contributed by atoms with Gasteiger partial charge in [0.2, 0.25) is 5.91 Å². The molecule has 0 atom stereocenters. The zero-order chi connectivity index (χ0) is 31.9. The highest BCUT2D eigenvalue weighted by atomic mass is 32.2. The fraction of sp³-hybridized carbons (Fsp3) is 0.556. The van der Waals surface area contributed by atoms with E-state index < -0.39 is 0 Å². The van der Waals surface area contributed by atoms with Gasteiger partial charge in [-0.25, -0.2) is 4.98 Å². The Morgan fingerprint density at radius 3 is 2.54 bits per heavy atom. The highest BCUT2D eigenvalue weighted by Crippen LogP contribution is 2.34. The Hall–Kier alpha value is -3.21. The van der Waals surface area contributed by atoms with E-state index in [0.29, 0.717) is 62.9 Å². The standard InChI is InChI=1S/C36H46N4O5S/c1-44-20-21-45-33(41)17-16-26-12-14-27(15-13-26)22-38-23-28(24-38)34(42)39-19-18-32-31(25-39)35(43)40(29-8-4-2-5-9-29)36(37-32)46-30-10-6-3-7-11-30/h4,8-9,12-15,28,30H,2-3,5-7,10-11,16-25H2,1H3. The minimum absolute atomic E-state index is 0.0136. The van der Waals surface area contributed by atoms with E-state index in [0.717, 1.165) is 41.5 Å². The van der Waals surface area contributed by atoms with E-state index in [9.17, 15) is 14.4 Å². The topological polar surface area (TPSA) is 94.0 Å². The third-order valence-electron chi connectivity index (χ3n) is 9.47. The van der Waals surface area contributed by atoms with Crippen molar-refractivity contribution in [3.8, 4) is 0 Å². The molecule has 2 aliphatic heterocycles. The van der Waals surface area contributed by atoms with Crippen molar-refractivity contribution in [1.29, 1.82) is 0 Å². The molecular weight excluding hydrogens is 600 g/mol. The summed E-state index contributed by atoms with van der Waals surface area (Å²) in [6, 6.07) is 8.31. The van der Waals surface area contributed by atoms with Crippen molar-refractivity contribution in [2.24, 2.45) is 5.92 Å². The molecule has 1 aromatic heterocycles. The molecule has 0 spiro atoms. The number of likely N-dealkylation sites (tertiary alicyclic amines) is 1. The number of carbonyl (C=O) groups is 2. The minimum Gasteiger partial charge on any atom is -0.463 e. The van der Waals surface area contributed by atoms with E-state index in [1.54, 1.807) is 18.9 Å². The molecule has 2 aliphatic carbocycles. The third kappa shape index (κ3) is 8.01. The summed E-state index contributed by atoms with van der Waals surface area (Å²) in [6.07, 6.45) is 16.0. The number of carbonyl (C=O) groups excluding carboxylic acids is 2. The summed E-state index contributed by atoms with van der Waals surface area (Å²) in [5.41, 5.74) is 4.72. The number of methoxy groups -OCH3 is 1. The lowest BCUT2D eigenvalue weighted by Gasteiger charge is -2.41. The largest absolute Gasteiger partial charge is 0.463 e. The van der Waals surface area contributed by atoms with Crippen molar-refractivity contribution in [3.05, 3.63) is 75.2 Å². The number of hydrogen-bond acceptors (Lipinski definition) is 8. The molecule has 6 rings (SSSR count). The van der Waals surface area contributed by atoms with Gasteiger partial charge in [-0.3, -0.25) is 23.9 Å². The molecule has 0 radical (unpaired) electrons. The highest BCUT2D eigenvalue weighted by molar-refractivity contribution is 7.99. The molecule has 2 fully saturated rings. The summed E-state index contributed by atoms with van der Waals surface area (Å²) in [5.74, 6) is -0.128. The summed E-state index contributed by atoms with van der Waals surface area (Å²) in [6.45, 7) is 3.85.